The Balaban J connectivity index is 0.972. The normalized spacial score (nSPS) is 16.5. The maximum Gasteiger partial charge on any atom is 0.251 e. The first-order valence-electron chi connectivity index (χ1n) is 15.0. The molecule has 222 valence electrons. The first-order chi connectivity index (χ1) is 20.9. The van der Waals surface area contributed by atoms with Gasteiger partial charge >= 0.3 is 0 Å². The van der Waals surface area contributed by atoms with Crippen LogP contribution < -0.4 is 5.32 Å². The van der Waals surface area contributed by atoms with Crippen LogP contribution in [0.5, 0.6) is 0 Å². The Morgan fingerprint density at radius 3 is 2.09 bits per heavy atom. The molecule has 43 heavy (non-hydrogen) atoms. The molecule has 2 aliphatic rings. The summed E-state index contributed by atoms with van der Waals surface area (Å²) >= 11 is 0. The topological polar surface area (TPSA) is 73.0 Å². The van der Waals surface area contributed by atoms with Crippen LogP contribution in [0.25, 0.3) is 0 Å². The third-order valence-electron chi connectivity index (χ3n) is 8.40. The molecule has 0 spiro atoms. The lowest BCUT2D eigenvalue weighted by Crippen LogP contribution is -2.48. The van der Waals surface area contributed by atoms with Gasteiger partial charge in [-0.05, 0) is 58.5 Å². The minimum absolute atomic E-state index is 0.100. The van der Waals surface area contributed by atoms with Gasteiger partial charge in [-0.3, -0.25) is 14.6 Å². The highest BCUT2D eigenvalue weighted by atomic mass is 32.2. The van der Waals surface area contributed by atoms with Crippen molar-refractivity contribution in [1.29, 1.82) is 0 Å². The van der Waals surface area contributed by atoms with Crippen LogP contribution in [0.1, 0.15) is 38.2 Å². The van der Waals surface area contributed by atoms with E-state index in [1.807, 2.05) is 30.3 Å². The van der Waals surface area contributed by atoms with Gasteiger partial charge in [-0.25, -0.2) is 8.42 Å². The second-order valence-electron chi connectivity index (χ2n) is 11.4. The molecular weight excluding hydrogens is 556 g/mol. The molecule has 7 nitrogen and oxygen atoms in total. The van der Waals surface area contributed by atoms with Crippen molar-refractivity contribution in [3.05, 3.63) is 137 Å². The Labute approximate surface area is 254 Å². The van der Waals surface area contributed by atoms with Gasteiger partial charge in [0.1, 0.15) is 0 Å². The minimum atomic E-state index is -3.47. The van der Waals surface area contributed by atoms with Gasteiger partial charge in [-0.1, -0.05) is 78.9 Å². The number of rotatable bonds is 9. The highest BCUT2D eigenvalue weighted by Crippen LogP contribution is 2.21. The first kappa shape index (κ1) is 29.3. The van der Waals surface area contributed by atoms with Crippen LogP contribution >= 0.6 is 0 Å². The van der Waals surface area contributed by atoms with E-state index in [2.05, 4.69) is 63.6 Å². The number of benzene rings is 4. The fourth-order valence-corrected chi connectivity index (χ4v) is 7.38. The number of piperazine rings is 1. The molecular formula is C35H38N4O3S. The number of hydrogen-bond acceptors (Lipinski definition) is 5. The largest absolute Gasteiger partial charge is 0.348 e. The van der Waals surface area contributed by atoms with E-state index < -0.39 is 10.0 Å². The van der Waals surface area contributed by atoms with E-state index in [1.54, 1.807) is 28.6 Å². The number of carbonyl (C=O) groups is 1. The van der Waals surface area contributed by atoms with Gasteiger partial charge < -0.3 is 5.32 Å². The standard InChI is InChI=1S/C35H38N4O3S/c40-35(36-24-28-13-15-29(16-14-28)25-38-18-17-31-8-4-5-9-33(31)27-38)32-10-6-7-30(23-32)26-37-19-21-39(22-20-37)43(41,42)34-11-2-1-3-12-34/h1-16,23H,17-22,24-27H2,(H,36,40). The lowest BCUT2D eigenvalue weighted by Gasteiger charge is -2.34. The summed E-state index contributed by atoms with van der Waals surface area (Å²) in [6.45, 7) is 6.30. The van der Waals surface area contributed by atoms with Crippen molar-refractivity contribution in [3.63, 3.8) is 0 Å². The maximum absolute atomic E-state index is 13.0. The first-order valence-corrected chi connectivity index (χ1v) is 16.4. The van der Waals surface area contributed by atoms with E-state index >= 15 is 0 Å². The predicted molar refractivity (Wildman–Crippen MR) is 169 cm³/mol. The number of nitrogens with zero attached hydrogens (tertiary/aromatic N) is 3. The van der Waals surface area contributed by atoms with Crippen LogP contribution in [0, 0.1) is 0 Å². The summed E-state index contributed by atoms with van der Waals surface area (Å²) in [5.74, 6) is -0.100. The smallest absolute Gasteiger partial charge is 0.251 e. The summed E-state index contributed by atoms with van der Waals surface area (Å²) in [4.78, 5) is 18.0. The maximum atomic E-state index is 13.0. The Morgan fingerprint density at radius 2 is 1.33 bits per heavy atom. The average Bonchev–Trinajstić information content (AvgIpc) is 3.05. The van der Waals surface area contributed by atoms with Crippen molar-refractivity contribution in [2.75, 3.05) is 32.7 Å². The minimum Gasteiger partial charge on any atom is -0.348 e. The SMILES string of the molecule is O=C(NCc1ccc(CN2CCc3ccccc3C2)cc1)c1cccc(CN2CCN(S(=O)(=O)c3ccccc3)CC2)c1. The molecule has 1 N–H and O–H groups in total. The second-order valence-corrected chi connectivity index (χ2v) is 13.4. The zero-order chi connectivity index (χ0) is 29.6. The van der Waals surface area contributed by atoms with Crippen molar-refractivity contribution in [1.82, 2.24) is 19.4 Å². The molecule has 0 aliphatic carbocycles. The summed E-state index contributed by atoms with van der Waals surface area (Å²) in [7, 11) is -3.47. The molecule has 8 heteroatoms. The molecule has 6 rings (SSSR count). The summed E-state index contributed by atoms with van der Waals surface area (Å²) in [6.07, 6.45) is 1.09. The molecule has 0 atom stereocenters. The van der Waals surface area contributed by atoms with E-state index in [4.69, 9.17) is 0 Å². The Kier molecular flexibility index (Phi) is 9.00. The predicted octanol–water partition coefficient (Wildman–Crippen LogP) is 4.68. The highest BCUT2D eigenvalue weighted by molar-refractivity contribution is 7.89. The van der Waals surface area contributed by atoms with Gasteiger partial charge in [0.25, 0.3) is 5.91 Å². The molecule has 0 saturated carbocycles. The number of carbonyl (C=O) groups excluding carboxylic acids is 1. The zero-order valence-corrected chi connectivity index (χ0v) is 25.2. The van der Waals surface area contributed by atoms with Crippen LogP contribution in [0.4, 0.5) is 0 Å². The van der Waals surface area contributed by atoms with Gasteiger partial charge in [0, 0.05) is 64.5 Å². The summed E-state index contributed by atoms with van der Waals surface area (Å²) in [6, 6.07) is 33.5. The van der Waals surface area contributed by atoms with Crippen LogP contribution in [0.3, 0.4) is 0 Å². The van der Waals surface area contributed by atoms with Crippen molar-refractivity contribution in [3.8, 4) is 0 Å². The van der Waals surface area contributed by atoms with Crippen LogP contribution in [0.2, 0.25) is 0 Å². The second kappa shape index (κ2) is 13.2. The van der Waals surface area contributed by atoms with Crippen LogP contribution in [-0.4, -0.2) is 61.2 Å². The monoisotopic (exact) mass is 594 g/mol. The van der Waals surface area contributed by atoms with Crippen molar-refractivity contribution in [2.24, 2.45) is 0 Å². The van der Waals surface area contributed by atoms with Gasteiger partial charge in [0.15, 0.2) is 0 Å². The van der Waals surface area contributed by atoms with Gasteiger partial charge in [-0.2, -0.15) is 4.31 Å². The lowest BCUT2D eigenvalue weighted by atomic mass is 9.99. The van der Waals surface area contributed by atoms with Crippen molar-refractivity contribution >= 4 is 15.9 Å². The number of hydrogen-bond donors (Lipinski definition) is 1. The van der Waals surface area contributed by atoms with Crippen LogP contribution in [-0.2, 0) is 42.6 Å². The summed E-state index contributed by atoms with van der Waals surface area (Å²) < 4.78 is 27.4. The highest BCUT2D eigenvalue weighted by Gasteiger charge is 2.28. The Morgan fingerprint density at radius 1 is 0.651 bits per heavy atom. The molecule has 1 fully saturated rings. The number of amides is 1. The molecule has 2 aliphatic heterocycles. The van der Waals surface area contributed by atoms with Crippen molar-refractivity contribution in [2.45, 2.75) is 37.5 Å². The fraction of sp³-hybridized carbons (Fsp3) is 0.286. The molecule has 1 amide bonds. The Hall–Kier alpha value is -3.82. The van der Waals surface area contributed by atoms with E-state index in [0.29, 0.717) is 49.7 Å². The Bertz CT molecular complexity index is 1650. The molecule has 4 aromatic rings. The number of fused-ring (bicyclic) bond motifs is 1. The third kappa shape index (κ3) is 7.22. The fourth-order valence-electron chi connectivity index (χ4n) is 5.93. The number of sulfonamides is 1. The van der Waals surface area contributed by atoms with Crippen molar-refractivity contribution < 1.29 is 13.2 Å². The molecule has 0 radical (unpaired) electrons. The van der Waals surface area contributed by atoms with E-state index in [9.17, 15) is 13.2 Å². The average molecular weight is 595 g/mol. The van der Waals surface area contributed by atoms with Gasteiger partial charge in [-0.15, -0.1) is 0 Å². The lowest BCUT2D eigenvalue weighted by molar-refractivity contribution is 0.0950. The zero-order valence-electron chi connectivity index (χ0n) is 24.4. The van der Waals surface area contributed by atoms with Crippen LogP contribution in [0.15, 0.2) is 108 Å². The quantitative estimate of drug-likeness (QED) is 0.305. The third-order valence-corrected chi connectivity index (χ3v) is 10.3. The molecule has 1 saturated heterocycles. The summed E-state index contributed by atoms with van der Waals surface area (Å²) in [5, 5.41) is 3.06. The summed E-state index contributed by atoms with van der Waals surface area (Å²) in [5.41, 5.74) is 6.90. The van der Waals surface area contributed by atoms with E-state index in [-0.39, 0.29) is 5.91 Å². The molecule has 0 unspecified atom stereocenters. The number of nitrogens with one attached hydrogen (secondary N) is 1. The van der Waals surface area contributed by atoms with E-state index in [0.717, 1.165) is 37.2 Å². The molecule has 2 heterocycles. The molecule has 4 aromatic carbocycles. The molecule has 0 bridgehead atoms. The molecule has 0 aromatic heterocycles. The van der Waals surface area contributed by atoms with Gasteiger partial charge in [0.2, 0.25) is 10.0 Å². The van der Waals surface area contributed by atoms with E-state index in [1.165, 1.54) is 16.7 Å². The van der Waals surface area contributed by atoms with Gasteiger partial charge in [0.05, 0.1) is 4.90 Å².